The van der Waals surface area contributed by atoms with Crippen molar-refractivity contribution in [1.29, 1.82) is 5.26 Å². The van der Waals surface area contributed by atoms with Gasteiger partial charge >= 0.3 is 0 Å². The molecule has 3 aromatic rings. The Balaban J connectivity index is 1.52. The third-order valence-electron chi connectivity index (χ3n) is 6.73. The zero-order valence-electron chi connectivity index (χ0n) is 21.6. The van der Waals surface area contributed by atoms with Crippen LogP contribution in [0.1, 0.15) is 40.6 Å². The van der Waals surface area contributed by atoms with Crippen LogP contribution in [0.3, 0.4) is 0 Å². The van der Waals surface area contributed by atoms with E-state index in [1.807, 2.05) is 6.07 Å². The third-order valence-corrected chi connectivity index (χ3v) is 7.93. The molecule has 1 saturated heterocycles. The number of nitriles is 1. The van der Waals surface area contributed by atoms with Gasteiger partial charge in [-0.05, 0) is 43.7 Å². The maximum Gasteiger partial charge on any atom is 0.251 e. The molecular weight excluding hydrogens is 482 g/mol. The van der Waals surface area contributed by atoms with Crippen LogP contribution in [-0.4, -0.2) is 57.2 Å². The normalized spacial score (nSPS) is 13.9. The highest BCUT2D eigenvalue weighted by Gasteiger charge is 2.20. The van der Waals surface area contributed by atoms with Crippen molar-refractivity contribution in [2.24, 2.45) is 0 Å². The van der Waals surface area contributed by atoms with E-state index in [0.717, 1.165) is 64.4 Å². The topological polar surface area (TPSA) is 89.4 Å². The Hall–Kier alpha value is -3.72. The van der Waals surface area contributed by atoms with Crippen LogP contribution in [0, 0.1) is 23.2 Å². The minimum absolute atomic E-state index is 0.167. The number of ether oxygens (including phenoxy) is 1. The molecule has 0 radical (unpaired) electrons. The van der Waals surface area contributed by atoms with Gasteiger partial charge < -0.3 is 25.6 Å². The van der Waals surface area contributed by atoms with Crippen molar-refractivity contribution in [2.75, 3.05) is 51.0 Å². The summed E-state index contributed by atoms with van der Waals surface area (Å²) in [5.41, 5.74) is 3.41. The van der Waals surface area contributed by atoms with Crippen LogP contribution >= 0.6 is 11.3 Å². The number of piperidine rings is 1. The third kappa shape index (κ3) is 6.17. The zero-order valence-corrected chi connectivity index (χ0v) is 22.4. The van der Waals surface area contributed by atoms with Gasteiger partial charge in [0.25, 0.3) is 5.91 Å². The van der Waals surface area contributed by atoms with Crippen molar-refractivity contribution < 1.29 is 9.53 Å². The first-order valence-corrected chi connectivity index (χ1v) is 13.4. The summed E-state index contributed by atoms with van der Waals surface area (Å²) in [5, 5.41) is 20.2. The highest BCUT2D eigenvalue weighted by Crippen LogP contribution is 2.37. The fourth-order valence-corrected chi connectivity index (χ4v) is 5.81. The molecule has 0 saturated carbocycles. The summed E-state index contributed by atoms with van der Waals surface area (Å²) in [6, 6.07) is 14.3. The molecule has 8 heteroatoms. The Morgan fingerprint density at radius 1 is 1.22 bits per heavy atom. The van der Waals surface area contributed by atoms with E-state index >= 15 is 0 Å². The Kier molecular flexibility index (Phi) is 8.90. The van der Waals surface area contributed by atoms with Gasteiger partial charge in [-0.2, -0.15) is 5.26 Å². The van der Waals surface area contributed by atoms with E-state index in [1.165, 1.54) is 0 Å². The molecule has 0 bridgehead atoms. The number of likely N-dealkylation sites (tertiary alicyclic amines) is 1. The number of hydrogen-bond donors (Lipinski definition) is 3. The second-order valence-electron chi connectivity index (χ2n) is 8.93. The Morgan fingerprint density at radius 3 is 2.73 bits per heavy atom. The Bertz CT molecular complexity index is 1360. The SMILES string of the molecule is CCN1CCC(Nc2cccc3c(CC#N)c(C#CCNc4ccc(C(=O)NC)cc4OC)sc23)CC1. The van der Waals surface area contributed by atoms with Gasteiger partial charge in [-0.25, -0.2) is 0 Å². The summed E-state index contributed by atoms with van der Waals surface area (Å²) in [7, 11) is 3.17. The molecule has 3 N–H and O–H groups in total. The lowest BCUT2D eigenvalue weighted by Crippen LogP contribution is -2.38. The van der Waals surface area contributed by atoms with E-state index in [1.54, 1.807) is 37.6 Å². The summed E-state index contributed by atoms with van der Waals surface area (Å²) >= 11 is 1.65. The molecule has 1 aliphatic rings. The standard InChI is InChI=1S/C29H33N5O2S/c1-4-34-17-13-21(14-18-34)33-25-8-5-7-23-22(12-15-30)27(37-28(23)25)9-6-16-32-24-11-10-20(29(35)31-2)19-26(24)36-3/h5,7-8,10-11,19,21,32-33H,4,12-14,16-18H2,1-3H3,(H,31,35). The van der Waals surface area contributed by atoms with E-state index < -0.39 is 0 Å². The smallest absolute Gasteiger partial charge is 0.251 e. The van der Waals surface area contributed by atoms with Gasteiger partial charge in [-0.15, -0.1) is 11.3 Å². The summed E-state index contributed by atoms with van der Waals surface area (Å²) in [5.74, 6) is 6.91. The van der Waals surface area contributed by atoms with Crippen molar-refractivity contribution in [2.45, 2.75) is 32.2 Å². The lowest BCUT2D eigenvalue weighted by Gasteiger charge is -2.32. The predicted octanol–water partition coefficient (Wildman–Crippen LogP) is 4.70. The number of hydrogen-bond acceptors (Lipinski definition) is 7. The molecule has 37 heavy (non-hydrogen) atoms. The van der Waals surface area contributed by atoms with Gasteiger partial charge in [-0.1, -0.05) is 30.9 Å². The summed E-state index contributed by atoms with van der Waals surface area (Å²) in [6.45, 7) is 5.97. The molecule has 0 spiro atoms. The Morgan fingerprint density at radius 2 is 2.03 bits per heavy atom. The number of nitrogens with zero attached hydrogens (tertiary/aromatic N) is 2. The van der Waals surface area contributed by atoms with Crippen molar-refractivity contribution in [3.8, 4) is 23.7 Å². The number of anilines is 2. The first kappa shape index (κ1) is 26.3. The van der Waals surface area contributed by atoms with Gasteiger partial charge in [0.1, 0.15) is 5.75 Å². The van der Waals surface area contributed by atoms with E-state index in [0.29, 0.717) is 30.3 Å². The quantitative estimate of drug-likeness (QED) is 0.377. The minimum atomic E-state index is -0.167. The number of nitrogens with one attached hydrogen (secondary N) is 3. The van der Waals surface area contributed by atoms with Crippen LogP contribution in [0.2, 0.25) is 0 Å². The molecule has 1 amide bonds. The lowest BCUT2D eigenvalue weighted by atomic mass is 10.0. The monoisotopic (exact) mass is 515 g/mol. The molecule has 7 nitrogen and oxygen atoms in total. The van der Waals surface area contributed by atoms with Crippen LogP contribution in [-0.2, 0) is 6.42 Å². The number of benzene rings is 2. The maximum atomic E-state index is 11.9. The first-order valence-electron chi connectivity index (χ1n) is 12.6. The molecular formula is C29H33N5O2S. The zero-order chi connectivity index (χ0) is 26.2. The number of carbonyl (C=O) groups excluding carboxylic acids is 1. The average molecular weight is 516 g/mol. The highest BCUT2D eigenvalue weighted by molar-refractivity contribution is 7.20. The highest BCUT2D eigenvalue weighted by atomic mass is 32.1. The second kappa shape index (κ2) is 12.5. The molecule has 1 aliphatic heterocycles. The number of thiophene rings is 1. The average Bonchev–Trinajstić information content (AvgIpc) is 3.29. The van der Waals surface area contributed by atoms with Gasteiger partial charge in [0.15, 0.2) is 0 Å². The first-order chi connectivity index (χ1) is 18.1. The number of carbonyl (C=O) groups is 1. The van der Waals surface area contributed by atoms with Crippen molar-refractivity contribution in [3.05, 3.63) is 52.4 Å². The van der Waals surface area contributed by atoms with Crippen LogP contribution in [0.4, 0.5) is 11.4 Å². The minimum Gasteiger partial charge on any atom is -0.495 e. The molecule has 2 aromatic carbocycles. The molecule has 0 aliphatic carbocycles. The molecule has 0 unspecified atom stereocenters. The number of fused-ring (bicyclic) bond motifs is 1. The fraction of sp³-hybridized carbons (Fsp3) is 0.379. The molecule has 1 aromatic heterocycles. The van der Waals surface area contributed by atoms with Gasteiger partial charge in [0.2, 0.25) is 0 Å². The number of rotatable bonds is 8. The van der Waals surface area contributed by atoms with Gasteiger partial charge in [0, 0.05) is 42.7 Å². The molecule has 0 atom stereocenters. The second-order valence-corrected chi connectivity index (χ2v) is 9.95. The molecule has 2 heterocycles. The molecule has 1 fully saturated rings. The van der Waals surface area contributed by atoms with Gasteiger partial charge in [-0.3, -0.25) is 4.79 Å². The maximum absolute atomic E-state index is 11.9. The summed E-state index contributed by atoms with van der Waals surface area (Å²) < 4.78 is 6.60. The van der Waals surface area contributed by atoms with Gasteiger partial charge in [0.05, 0.1) is 47.1 Å². The van der Waals surface area contributed by atoms with Crippen LogP contribution < -0.4 is 20.7 Å². The van der Waals surface area contributed by atoms with Crippen molar-refractivity contribution in [3.63, 3.8) is 0 Å². The fourth-order valence-electron chi connectivity index (χ4n) is 4.64. The summed E-state index contributed by atoms with van der Waals surface area (Å²) in [4.78, 5) is 15.3. The summed E-state index contributed by atoms with van der Waals surface area (Å²) in [6.07, 6.45) is 2.59. The van der Waals surface area contributed by atoms with E-state index in [9.17, 15) is 10.1 Å². The van der Waals surface area contributed by atoms with Crippen molar-refractivity contribution >= 4 is 38.7 Å². The largest absolute Gasteiger partial charge is 0.495 e. The number of amides is 1. The lowest BCUT2D eigenvalue weighted by molar-refractivity contribution is 0.0963. The van der Waals surface area contributed by atoms with Crippen LogP contribution in [0.15, 0.2) is 36.4 Å². The Labute approximate surface area is 222 Å². The van der Waals surface area contributed by atoms with Crippen molar-refractivity contribution in [1.82, 2.24) is 10.2 Å². The van der Waals surface area contributed by atoms with E-state index in [4.69, 9.17) is 4.74 Å². The van der Waals surface area contributed by atoms with Crippen LogP contribution in [0.25, 0.3) is 10.1 Å². The van der Waals surface area contributed by atoms with E-state index in [-0.39, 0.29) is 5.91 Å². The predicted molar refractivity (Wildman–Crippen MR) is 152 cm³/mol. The number of methoxy groups -OCH3 is 1. The van der Waals surface area contributed by atoms with E-state index in [2.05, 4.69) is 63.9 Å². The molecule has 192 valence electrons. The molecule has 4 rings (SSSR count). The van der Waals surface area contributed by atoms with Crippen LogP contribution in [0.5, 0.6) is 5.75 Å².